The second-order valence-electron chi connectivity index (χ2n) is 4.80. The zero-order valence-corrected chi connectivity index (χ0v) is 11.8. The van der Waals surface area contributed by atoms with E-state index >= 15 is 0 Å². The molecule has 0 saturated heterocycles. The fourth-order valence-electron chi connectivity index (χ4n) is 2.20. The smallest absolute Gasteiger partial charge is 0.128 e. The van der Waals surface area contributed by atoms with Gasteiger partial charge in [-0.25, -0.2) is 10.5 Å². The van der Waals surface area contributed by atoms with Crippen LogP contribution in [0.4, 0.5) is 5.69 Å². The number of anilines is 1. The summed E-state index contributed by atoms with van der Waals surface area (Å²) in [4.78, 5) is 7.22. The summed E-state index contributed by atoms with van der Waals surface area (Å²) in [6.07, 6.45) is 7.73. The van der Waals surface area contributed by atoms with E-state index in [-0.39, 0.29) is 0 Å². The number of nitrogens with zero attached hydrogens (tertiary/aromatic N) is 2. The Morgan fingerprint density at radius 2 is 2.15 bits per heavy atom. The van der Waals surface area contributed by atoms with Gasteiger partial charge in [-0.1, -0.05) is 0 Å². The fourth-order valence-corrected chi connectivity index (χ4v) is 2.20. The topological polar surface area (TPSA) is 37.0 Å². The van der Waals surface area contributed by atoms with Gasteiger partial charge in [0.05, 0.1) is 19.0 Å². The van der Waals surface area contributed by atoms with Crippen LogP contribution in [0.15, 0.2) is 48.4 Å². The third-order valence-corrected chi connectivity index (χ3v) is 3.32. The van der Waals surface area contributed by atoms with Crippen LogP contribution in [-0.4, -0.2) is 26.3 Å². The number of fused-ring (bicyclic) bond motifs is 1. The van der Waals surface area contributed by atoms with Gasteiger partial charge >= 0.3 is 0 Å². The Labute approximate surface area is 118 Å². The van der Waals surface area contributed by atoms with Gasteiger partial charge in [-0.2, -0.15) is 4.94 Å². The van der Waals surface area contributed by atoms with E-state index in [1.807, 2.05) is 44.7 Å². The zero-order chi connectivity index (χ0) is 14.1. The number of hydrogen-bond acceptors (Lipinski definition) is 5. The van der Waals surface area contributed by atoms with Crippen molar-refractivity contribution >= 4 is 11.3 Å². The monoisotopic (exact) mass is 271 g/mol. The number of allylic oxidation sites excluding steroid dienone is 3. The van der Waals surface area contributed by atoms with Crippen LogP contribution in [0.3, 0.4) is 0 Å². The molecular weight excluding hydrogens is 254 g/mol. The molecule has 0 atom stereocenters. The van der Waals surface area contributed by atoms with Crippen molar-refractivity contribution in [3.63, 3.8) is 0 Å². The molecule has 2 aliphatic heterocycles. The molecule has 1 N–H and O–H groups in total. The molecule has 0 saturated carbocycles. The Kier molecular flexibility index (Phi) is 3.12. The van der Waals surface area contributed by atoms with Gasteiger partial charge in [-0.3, -0.25) is 0 Å². The van der Waals surface area contributed by atoms with Crippen molar-refractivity contribution in [1.29, 1.82) is 0 Å². The van der Waals surface area contributed by atoms with Gasteiger partial charge in [0.15, 0.2) is 0 Å². The van der Waals surface area contributed by atoms with E-state index < -0.39 is 0 Å². The van der Waals surface area contributed by atoms with Gasteiger partial charge < -0.3 is 9.64 Å². The van der Waals surface area contributed by atoms with Gasteiger partial charge in [-0.15, -0.1) is 0 Å². The van der Waals surface area contributed by atoms with E-state index in [0.717, 1.165) is 28.3 Å². The first-order chi connectivity index (χ1) is 9.69. The van der Waals surface area contributed by atoms with E-state index in [0.29, 0.717) is 0 Å². The lowest BCUT2D eigenvalue weighted by Crippen LogP contribution is -2.15. The summed E-state index contributed by atoms with van der Waals surface area (Å²) in [5.74, 6) is 0.855. The molecule has 0 amide bonds. The average molecular weight is 271 g/mol. The van der Waals surface area contributed by atoms with Crippen LogP contribution in [0, 0.1) is 0 Å². The molecule has 1 aromatic rings. The van der Waals surface area contributed by atoms with Crippen molar-refractivity contribution in [2.75, 3.05) is 26.1 Å². The summed E-state index contributed by atoms with van der Waals surface area (Å²) in [5, 5.41) is 1.67. The molecule has 2 aliphatic rings. The van der Waals surface area contributed by atoms with Crippen LogP contribution in [0.2, 0.25) is 0 Å². The molecule has 1 aromatic carbocycles. The number of methoxy groups -OCH3 is 1. The number of rotatable bonds is 3. The highest BCUT2D eigenvalue weighted by Crippen LogP contribution is 2.34. The van der Waals surface area contributed by atoms with E-state index in [1.165, 1.54) is 0 Å². The number of benzene rings is 1. The third kappa shape index (κ3) is 2.12. The van der Waals surface area contributed by atoms with Crippen molar-refractivity contribution in [2.24, 2.45) is 0 Å². The fraction of sp³-hybridized carbons (Fsp3) is 0.200. The second-order valence-corrected chi connectivity index (χ2v) is 4.80. The summed E-state index contributed by atoms with van der Waals surface area (Å²) in [7, 11) is 5.72. The van der Waals surface area contributed by atoms with Gasteiger partial charge in [0.25, 0.3) is 0 Å². The molecule has 0 aromatic heterocycles. The van der Waals surface area contributed by atoms with E-state index in [9.17, 15) is 0 Å². The number of ether oxygens (including phenoxy) is 1. The molecule has 0 radical (unpaired) electrons. The van der Waals surface area contributed by atoms with Crippen molar-refractivity contribution in [3.8, 4) is 5.75 Å². The largest absolute Gasteiger partial charge is 0.496 e. The summed E-state index contributed by atoms with van der Waals surface area (Å²) in [5.41, 5.74) is 6.93. The third-order valence-electron chi connectivity index (χ3n) is 3.32. The summed E-state index contributed by atoms with van der Waals surface area (Å²) < 4.78 is 5.52. The molecular formula is C15H17N3O2. The van der Waals surface area contributed by atoms with Crippen molar-refractivity contribution in [2.45, 2.75) is 0 Å². The average Bonchev–Trinajstić information content (AvgIpc) is 2.93. The van der Waals surface area contributed by atoms with Crippen LogP contribution in [0.1, 0.15) is 5.56 Å². The molecule has 5 heteroatoms. The van der Waals surface area contributed by atoms with Crippen LogP contribution in [0.5, 0.6) is 5.75 Å². The van der Waals surface area contributed by atoms with Crippen LogP contribution in [-0.2, 0) is 4.94 Å². The highest BCUT2D eigenvalue weighted by molar-refractivity contribution is 5.81. The lowest BCUT2D eigenvalue weighted by Gasteiger charge is -2.20. The molecule has 0 aliphatic carbocycles. The minimum Gasteiger partial charge on any atom is -0.496 e. The molecule has 0 unspecified atom stereocenters. The Balaban J connectivity index is 2.00. The van der Waals surface area contributed by atoms with E-state index in [2.05, 4.69) is 22.5 Å². The normalized spacial score (nSPS) is 16.2. The standard InChI is InChI=1S/C15H17N3O2/c1-17(2)12-4-5-14(15(9-12)19-3)11-6-7-18-13(8-11)10-16-20-18/h4-10,16H,1-3H3. The van der Waals surface area contributed by atoms with Gasteiger partial charge in [0.1, 0.15) is 5.75 Å². The Morgan fingerprint density at radius 1 is 1.30 bits per heavy atom. The highest BCUT2D eigenvalue weighted by atomic mass is 16.8. The lowest BCUT2D eigenvalue weighted by molar-refractivity contribution is -0.112. The number of hydrogen-bond donors (Lipinski definition) is 1. The minimum absolute atomic E-state index is 0.855. The molecule has 2 heterocycles. The molecule has 20 heavy (non-hydrogen) atoms. The van der Waals surface area contributed by atoms with Gasteiger partial charge in [0, 0.05) is 37.6 Å². The maximum atomic E-state index is 5.52. The Bertz CT molecular complexity index is 618. The predicted molar refractivity (Wildman–Crippen MR) is 78.6 cm³/mol. The van der Waals surface area contributed by atoms with Crippen LogP contribution >= 0.6 is 0 Å². The molecule has 3 rings (SSSR count). The summed E-state index contributed by atoms with van der Waals surface area (Å²) >= 11 is 0. The summed E-state index contributed by atoms with van der Waals surface area (Å²) in [6.45, 7) is 0. The maximum absolute atomic E-state index is 5.52. The van der Waals surface area contributed by atoms with Gasteiger partial charge in [0.2, 0.25) is 0 Å². The zero-order valence-electron chi connectivity index (χ0n) is 11.8. The Morgan fingerprint density at radius 3 is 2.90 bits per heavy atom. The first-order valence-corrected chi connectivity index (χ1v) is 6.36. The van der Waals surface area contributed by atoms with E-state index in [1.54, 1.807) is 12.2 Å². The molecule has 104 valence electrons. The van der Waals surface area contributed by atoms with Crippen LogP contribution in [0.25, 0.3) is 5.57 Å². The van der Waals surface area contributed by atoms with Crippen molar-refractivity contribution in [1.82, 2.24) is 10.5 Å². The van der Waals surface area contributed by atoms with Crippen molar-refractivity contribution < 1.29 is 9.68 Å². The van der Waals surface area contributed by atoms with E-state index in [4.69, 9.17) is 9.68 Å². The number of hydroxylamine groups is 3. The number of nitrogens with one attached hydrogen (secondary N) is 1. The summed E-state index contributed by atoms with van der Waals surface area (Å²) in [6, 6.07) is 6.19. The molecule has 5 nitrogen and oxygen atoms in total. The highest BCUT2D eigenvalue weighted by Gasteiger charge is 2.18. The molecule has 0 spiro atoms. The Hall–Kier alpha value is -2.40. The lowest BCUT2D eigenvalue weighted by atomic mass is 10.0. The maximum Gasteiger partial charge on any atom is 0.128 e. The molecule has 0 bridgehead atoms. The second kappa shape index (κ2) is 4.94. The van der Waals surface area contributed by atoms with Gasteiger partial charge in [-0.05, 0) is 29.9 Å². The molecule has 0 fully saturated rings. The van der Waals surface area contributed by atoms with Crippen LogP contribution < -0.4 is 15.1 Å². The first kappa shape index (κ1) is 12.6. The predicted octanol–water partition coefficient (Wildman–Crippen LogP) is 2.27. The minimum atomic E-state index is 0.855. The SMILES string of the molecule is COc1cc(N(C)C)ccc1C1=CC2=CNON2C=C1. The quantitative estimate of drug-likeness (QED) is 0.912. The first-order valence-electron chi connectivity index (χ1n) is 6.36. The van der Waals surface area contributed by atoms with Crippen molar-refractivity contribution in [3.05, 3.63) is 54.0 Å².